The lowest BCUT2D eigenvalue weighted by atomic mass is 9.86. The number of benzene rings is 4. The Bertz CT molecular complexity index is 1270. The molecule has 0 saturated carbocycles. The van der Waals surface area contributed by atoms with Crippen LogP contribution in [-0.4, -0.2) is 16.0 Å². The zero-order valence-electron chi connectivity index (χ0n) is 19.2. The maximum absolute atomic E-state index is 14.0. The Morgan fingerprint density at radius 1 is 0.500 bits per heavy atom. The molecule has 3 nitrogen and oxygen atoms in total. The molecule has 0 bridgehead atoms. The summed E-state index contributed by atoms with van der Waals surface area (Å²) in [6.45, 7) is 3.57. The van der Waals surface area contributed by atoms with Gasteiger partial charge < -0.3 is 10.2 Å². The molecule has 34 heavy (non-hydrogen) atoms. The quantitative estimate of drug-likeness (QED) is 0.313. The highest BCUT2D eigenvalue weighted by Gasteiger charge is 2.22. The van der Waals surface area contributed by atoms with E-state index in [9.17, 15) is 15.0 Å². The monoisotopic (exact) mass is 446 g/mol. The minimum Gasteiger partial charge on any atom is -0.507 e. The van der Waals surface area contributed by atoms with Gasteiger partial charge in [-0.2, -0.15) is 0 Å². The topological polar surface area (TPSA) is 57.5 Å². The summed E-state index contributed by atoms with van der Waals surface area (Å²) in [6, 6.07) is 33.3. The van der Waals surface area contributed by atoms with Gasteiger partial charge in [-0.3, -0.25) is 4.79 Å². The second-order valence-corrected chi connectivity index (χ2v) is 8.10. The molecule has 0 aliphatic heterocycles. The Morgan fingerprint density at radius 2 is 0.824 bits per heavy atom. The lowest BCUT2D eigenvalue weighted by Crippen LogP contribution is -2.08. The van der Waals surface area contributed by atoms with E-state index in [1.165, 1.54) is 0 Å². The smallest absolute Gasteiger partial charge is 0.185 e. The van der Waals surface area contributed by atoms with Crippen molar-refractivity contribution in [1.29, 1.82) is 0 Å². The molecule has 4 aromatic carbocycles. The van der Waals surface area contributed by atoms with Crippen molar-refractivity contribution >= 4 is 16.9 Å². The Labute approximate surface area is 200 Å². The van der Waals surface area contributed by atoms with Gasteiger partial charge in [0.2, 0.25) is 0 Å². The lowest BCUT2D eigenvalue weighted by molar-refractivity contribution is -0.112. The minimum atomic E-state index is -0.163. The van der Waals surface area contributed by atoms with E-state index in [2.05, 4.69) is 0 Å². The van der Waals surface area contributed by atoms with Crippen LogP contribution in [0.25, 0.3) is 11.1 Å². The van der Waals surface area contributed by atoms with Crippen LogP contribution in [0.15, 0.2) is 120 Å². The summed E-state index contributed by atoms with van der Waals surface area (Å²) in [5.74, 6) is 0.0578. The summed E-state index contributed by atoms with van der Waals surface area (Å²) < 4.78 is 0. The molecule has 0 radical (unpaired) electrons. The van der Waals surface area contributed by atoms with Crippen LogP contribution in [0, 0.1) is 0 Å². The SMILES string of the molecule is CC(C(=O)C(C)=C(c1ccccc1)c1ccccc1O)=C(c1ccccc1)c1ccccc1O. The van der Waals surface area contributed by atoms with Crippen LogP contribution in [0.4, 0.5) is 0 Å². The highest BCUT2D eigenvalue weighted by molar-refractivity contribution is 6.18. The zero-order valence-corrected chi connectivity index (χ0v) is 19.2. The Balaban J connectivity index is 1.98. The fourth-order valence-corrected chi connectivity index (χ4v) is 4.24. The van der Waals surface area contributed by atoms with Gasteiger partial charge in [-0.05, 0) is 48.3 Å². The molecule has 4 rings (SSSR count). The van der Waals surface area contributed by atoms with Crippen molar-refractivity contribution in [3.8, 4) is 11.5 Å². The number of carbonyl (C=O) groups is 1. The van der Waals surface area contributed by atoms with E-state index in [0.717, 1.165) is 11.1 Å². The molecule has 0 aliphatic rings. The van der Waals surface area contributed by atoms with Crippen molar-refractivity contribution in [2.24, 2.45) is 0 Å². The number of hydrogen-bond donors (Lipinski definition) is 2. The van der Waals surface area contributed by atoms with Crippen molar-refractivity contribution < 1.29 is 15.0 Å². The third kappa shape index (κ3) is 4.55. The first-order valence-electron chi connectivity index (χ1n) is 11.1. The van der Waals surface area contributed by atoms with Crippen LogP contribution in [0.5, 0.6) is 11.5 Å². The first-order valence-corrected chi connectivity index (χ1v) is 11.1. The fraction of sp³-hybridized carbons (Fsp3) is 0.0645. The van der Waals surface area contributed by atoms with E-state index in [4.69, 9.17) is 0 Å². The Morgan fingerprint density at radius 3 is 1.18 bits per heavy atom. The summed E-state index contributed by atoms with van der Waals surface area (Å²) in [6.07, 6.45) is 0. The number of allylic oxidation sites excluding steroid dienone is 2. The Hall–Kier alpha value is -4.37. The minimum absolute atomic E-state index is 0.110. The van der Waals surface area contributed by atoms with E-state index in [0.29, 0.717) is 33.4 Å². The average Bonchev–Trinajstić information content (AvgIpc) is 2.87. The van der Waals surface area contributed by atoms with Crippen molar-refractivity contribution in [2.45, 2.75) is 13.8 Å². The van der Waals surface area contributed by atoms with Gasteiger partial charge in [0.1, 0.15) is 11.5 Å². The number of hydrogen-bond acceptors (Lipinski definition) is 3. The zero-order chi connectivity index (χ0) is 24.1. The van der Waals surface area contributed by atoms with Gasteiger partial charge in [0.25, 0.3) is 0 Å². The average molecular weight is 447 g/mol. The maximum atomic E-state index is 14.0. The van der Waals surface area contributed by atoms with Gasteiger partial charge in [0, 0.05) is 22.3 Å². The number of phenols is 2. The van der Waals surface area contributed by atoms with Crippen LogP contribution in [0.3, 0.4) is 0 Å². The van der Waals surface area contributed by atoms with Gasteiger partial charge in [0.15, 0.2) is 5.78 Å². The summed E-state index contributed by atoms with van der Waals surface area (Å²) in [5, 5.41) is 21.2. The molecule has 0 heterocycles. The fourth-order valence-electron chi connectivity index (χ4n) is 4.24. The molecule has 0 spiro atoms. The molecular formula is C31H26O3. The number of aromatic hydroxyl groups is 2. The standard InChI is InChI=1S/C31H26O3/c1-21(29(23-13-5-3-6-14-23)25-17-9-11-19-27(25)32)31(34)22(2)30(24-15-7-4-8-16-24)26-18-10-12-20-28(26)33/h3-20,32-33H,1-2H3. The van der Waals surface area contributed by atoms with E-state index in [1.807, 2.05) is 84.9 Å². The van der Waals surface area contributed by atoms with E-state index >= 15 is 0 Å². The van der Waals surface area contributed by atoms with Crippen molar-refractivity contribution in [2.75, 3.05) is 0 Å². The first kappa shape index (κ1) is 22.8. The van der Waals surface area contributed by atoms with E-state index < -0.39 is 0 Å². The van der Waals surface area contributed by atoms with Crippen molar-refractivity contribution in [3.05, 3.63) is 143 Å². The third-order valence-corrected chi connectivity index (χ3v) is 5.90. The molecule has 0 unspecified atom stereocenters. The van der Waals surface area contributed by atoms with Crippen LogP contribution < -0.4 is 0 Å². The van der Waals surface area contributed by atoms with E-state index in [-0.39, 0.29) is 17.3 Å². The number of Topliss-reactive ketones (excluding diaryl/α,β-unsaturated/α-hetero) is 1. The maximum Gasteiger partial charge on any atom is 0.185 e. The molecule has 0 atom stereocenters. The summed E-state index contributed by atoms with van der Waals surface area (Å²) >= 11 is 0. The van der Waals surface area contributed by atoms with Gasteiger partial charge in [-0.25, -0.2) is 0 Å². The first-order chi connectivity index (χ1) is 16.5. The highest BCUT2D eigenvalue weighted by atomic mass is 16.3. The van der Waals surface area contributed by atoms with Gasteiger partial charge in [-0.1, -0.05) is 97.1 Å². The lowest BCUT2D eigenvalue weighted by Gasteiger charge is -2.17. The molecule has 3 heteroatoms. The number of para-hydroxylation sites is 2. The van der Waals surface area contributed by atoms with Gasteiger partial charge >= 0.3 is 0 Å². The predicted octanol–water partition coefficient (Wildman–Crippen LogP) is 7.01. The highest BCUT2D eigenvalue weighted by Crippen LogP contribution is 2.37. The summed E-state index contributed by atoms with van der Waals surface area (Å²) in [4.78, 5) is 14.0. The number of carbonyl (C=O) groups excluding carboxylic acids is 1. The van der Waals surface area contributed by atoms with Crippen LogP contribution >= 0.6 is 0 Å². The number of phenolic OH excluding ortho intramolecular Hbond substituents is 2. The molecule has 0 amide bonds. The third-order valence-electron chi connectivity index (χ3n) is 5.90. The predicted molar refractivity (Wildman–Crippen MR) is 137 cm³/mol. The molecule has 2 N–H and O–H groups in total. The molecule has 0 fully saturated rings. The summed E-state index contributed by atoms with van der Waals surface area (Å²) in [7, 11) is 0. The van der Waals surface area contributed by atoms with Crippen molar-refractivity contribution in [1.82, 2.24) is 0 Å². The van der Waals surface area contributed by atoms with Crippen molar-refractivity contribution in [3.63, 3.8) is 0 Å². The molecule has 0 aromatic heterocycles. The Kier molecular flexibility index (Phi) is 6.74. The molecule has 168 valence electrons. The molecule has 4 aromatic rings. The van der Waals surface area contributed by atoms with Crippen LogP contribution in [0.2, 0.25) is 0 Å². The molecule has 0 aliphatic carbocycles. The van der Waals surface area contributed by atoms with Crippen LogP contribution in [-0.2, 0) is 4.79 Å². The second kappa shape index (κ2) is 10.1. The second-order valence-electron chi connectivity index (χ2n) is 8.10. The van der Waals surface area contributed by atoms with Crippen LogP contribution in [0.1, 0.15) is 36.1 Å². The largest absolute Gasteiger partial charge is 0.507 e. The molecule has 0 saturated heterocycles. The summed E-state index contributed by atoms with van der Waals surface area (Å²) in [5.41, 5.74) is 5.23. The normalized spacial score (nSPS) is 12.5. The van der Waals surface area contributed by atoms with E-state index in [1.54, 1.807) is 38.1 Å². The number of ketones is 1. The number of rotatable bonds is 6. The van der Waals surface area contributed by atoms with Gasteiger partial charge in [0.05, 0.1) is 0 Å². The molecular weight excluding hydrogens is 420 g/mol. The van der Waals surface area contributed by atoms with Gasteiger partial charge in [-0.15, -0.1) is 0 Å².